The van der Waals surface area contributed by atoms with Crippen LogP contribution in [-0.2, 0) is 10.1 Å². The van der Waals surface area contributed by atoms with Gasteiger partial charge >= 0.3 is 0 Å². The molecule has 2 aromatic carbocycles. The van der Waals surface area contributed by atoms with Crippen LogP contribution in [0.5, 0.6) is 5.75 Å². The van der Waals surface area contributed by atoms with Gasteiger partial charge in [-0.25, -0.2) is 4.98 Å². The van der Waals surface area contributed by atoms with Gasteiger partial charge in [0.05, 0.1) is 0 Å². The Hall–Kier alpha value is -2.43. The summed E-state index contributed by atoms with van der Waals surface area (Å²) in [6.07, 6.45) is 0. The lowest BCUT2D eigenvalue weighted by atomic mass is 10.1. The van der Waals surface area contributed by atoms with E-state index < -0.39 is 10.1 Å². The minimum Gasteiger partial charge on any atom is -0.505 e. The number of rotatable bonds is 3. The molecule has 1 aromatic heterocycles. The van der Waals surface area contributed by atoms with Crippen LogP contribution in [0.3, 0.4) is 0 Å². The van der Waals surface area contributed by atoms with Crippen LogP contribution in [-0.4, -0.2) is 27.4 Å². The number of fused-ring (bicyclic) bond motifs is 1. The van der Waals surface area contributed by atoms with Crippen LogP contribution in [0.4, 0.5) is 10.8 Å². The average molecular weight is 350 g/mol. The SMILES string of the molecule is Cc1nsc(N=Nc2cc(S(=O)(=O)O)c3ccccc3c2O)n1. The minimum absolute atomic E-state index is 0.0934. The van der Waals surface area contributed by atoms with Crippen LogP contribution < -0.4 is 0 Å². The first kappa shape index (κ1) is 15.5. The molecule has 0 aliphatic carbocycles. The van der Waals surface area contributed by atoms with Crippen LogP contribution in [0, 0.1) is 6.92 Å². The lowest BCUT2D eigenvalue weighted by Crippen LogP contribution is -1.99. The van der Waals surface area contributed by atoms with Crippen molar-refractivity contribution in [3.63, 3.8) is 0 Å². The Morgan fingerprint density at radius 1 is 1.17 bits per heavy atom. The van der Waals surface area contributed by atoms with Crippen molar-refractivity contribution in [2.24, 2.45) is 10.2 Å². The van der Waals surface area contributed by atoms with Gasteiger partial charge in [-0.15, -0.1) is 10.2 Å². The molecule has 0 aliphatic heterocycles. The second-order valence-corrected chi connectivity index (χ2v) is 6.71. The Morgan fingerprint density at radius 2 is 1.87 bits per heavy atom. The van der Waals surface area contributed by atoms with Gasteiger partial charge in [-0.1, -0.05) is 24.3 Å². The van der Waals surface area contributed by atoms with E-state index in [2.05, 4.69) is 19.6 Å². The van der Waals surface area contributed by atoms with Gasteiger partial charge in [0, 0.05) is 22.3 Å². The molecule has 0 aliphatic rings. The zero-order valence-electron chi connectivity index (χ0n) is 11.7. The van der Waals surface area contributed by atoms with Crippen molar-refractivity contribution in [1.29, 1.82) is 0 Å². The molecule has 0 radical (unpaired) electrons. The summed E-state index contributed by atoms with van der Waals surface area (Å²) in [7, 11) is -4.49. The van der Waals surface area contributed by atoms with Crippen molar-refractivity contribution in [1.82, 2.24) is 9.36 Å². The topological polar surface area (TPSA) is 125 Å². The lowest BCUT2D eigenvalue weighted by molar-refractivity contribution is 0.480. The van der Waals surface area contributed by atoms with E-state index in [1.54, 1.807) is 19.1 Å². The van der Waals surface area contributed by atoms with Gasteiger partial charge < -0.3 is 5.11 Å². The molecule has 0 saturated heterocycles. The van der Waals surface area contributed by atoms with Crippen LogP contribution in [0.15, 0.2) is 45.5 Å². The highest BCUT2D eigenvalue weighted by atomic mass is 32.2. The van der Waals surface area contributed by atoms with Crippen molar-refractivity contribution < 1.29 is 18.1 Å². The van der Waals surface area contributed by atoms with E-state index in [4.69, 9.17) is 0 Å². The van der Waals surface area contributed by atoms with E-state index >= 15 is 0 Å². The highest BCUT2D eigenvalue weighted by molar-refractivity contribution is 7.86. The van der Waals surface area contributed by atoms with E-state index in [9.17, 15) is 18.1 Å². The summed E-state index contributed by atoms with van der Waals surface area (Å²) >= 11 is 1.02. The largest absolute Gasteiger partial charge is 0.505 e. The molecule has 8 nitrogen and oxygen atoms in total. The number of aromatic hydroxyl groups is 1. The first-order valence-corrected chi connectivity index (χ1v) is 8.52. The Kier molecular flexibility index (Phi) is 3.80. The maximum atomic E-state index is 11.6. The molecule has 3 aromatic rings. The summed E-state index contributed by atoms with van der Waals surface area (Å²) in [6.45, 7) is 1.69. The summed E-state index contributed by atoms with van der Waals surface area (Å²) in [5.41, 5.74) is -0.0934. The Morgan fingerprint density at radius 3 is 2.48 bits per heavy atom. The zero-order chi connectivity index (χ0) is 16.6. The smallest absolute Gasteiger partial charge is 0.295 e. The van der Waals surface area contributed by atoms with Crippen molar-refractivity contribution >= 4 is 43.2 Å². The van der Waals surface area contributed by atoms with Crippen molar-refractivity contribution in [2.45, 2.75) is 11.8 Å². The Labute approximate surface area is 135 Å². The van der Waals surface area contributed by atoms with Crippen LogP contribution in [0.25, 0.3) is 10.8 Å². The maximum absolute atomic E-state index is 11.6. The molecule has 3 rings (SSSR count). The maximum Gasteiger partial charge on any atom is 0.295 e. The quantitative estimate of drug-likeness (QED) is 0.551. The predicted molar refractivity (Wildman–Crippen MR) is 84.2 cm³/mol. The molecule has 10 heteroatoms. The molecule has 0 unspecified atom stereocenters. The normalized spacial score (nSPS) is 12.3. The number of aromatic nitrogens is 2. The molecule has 23 heavy (non-hydrogen) atoms. The summed E-state index contributed by atoms with van der Waals surface area (Å²) < 4.78 is 36.5. The van der Waals surface area contributed by atoms with Gasteiger partial charge in [0.1, 0.15) is 16.4 Å². The fourth-order valence-corrected chi connectivity index (χ4v) is 3.25. The second kappa shape index (κ2) is 5.65. The molecule has 0 fully saturated rings. The molecular formula is C13H10N4O4S2. The number of hydrogen-bond acceptors (Lipinski definition) is 8. The predicted octanol–water partition coefficient (Wildman–Crippen LogP) is 3.37. The molecule has 0 amide bonds. The van der Waals surface area contributed by atoms with E-state index in [-0.39, 0.29) is 32.2 Å². The number of phenolic OH excluding ortho intramolecular Hbond substituents is 1. The molecule has 1 heterocycles. The molecule has 2 N–H and O–H groups in total. The second-order valence-electron chi connectivity index (χ2n) is 4.59. The van der Waals surface area contributed by atoms with Crippen molar-refractivity contribution in [3.05, 3.63) is 36.2 Å². The van der Waals surface area contributed by atoms with E-state index in [1.807, 2.05) is 0 Å². The lowest BCUT2D eigenvalue weighted by Gasteiger charge is -2.07. The Balaban J connectivity index is 2.21. The number of benzene rings is 2. The van der Waals surface area contributed by atoms with Gasteiger partial charge in [-0.3, -0.25) is 4.55 Å². The number of phenols is 1. The molecule has 0 spiro atoms. The van der Waals surface area contributed by atoms with Gasteiger partial charge in [0.25, 0.3) is 10.1 Å². The number of aryl methyl sites for hydroxylation is 1. The van der Waals surface area contributed by atoms with Gasteiger partial charge in [0.2, 0.25) is 5.13 Å². The van der Waals surface area contributed by atoms with Crippen LogP contribution in [0.1, 0.15) is 5.82 Å². The monoisotopic (exact) mass is 350 g/mol. The average Bonchev–Trinajstić information content (AvgIpc) is 2.91. The standard InChI is InChI=1S/C13H10N4O4S2/c1-7-14-13(22-17-7)16-15-10-6-11(23(19,20)21)8-4-2-3-5-9(8)12(10)18/h2-6,18H,1H3,(H,19,20,21). The van der Waals surface area contributed by atoms with Crippen molar-refractivity contribution in [2.75, 3.05) is 0 Å². The highest BCUT2D eigenvalue weighted by Gasteiger charge is 2.19. The highest BCUT2D eigenvalue weighted by Crippen LogP contribution is 2.39. The number of hydrogen-bond donors (Lipinski definition) is 2. The van der Waals surface area contributed by atoms with E-state index in [0.29, 0.717) is 5.82 Å². The van der Waals surface area contributed by atoms with Gasteiger partial charge in [0.15, 0.2) is 5.75 Å². The third-order valence-corrected chi connectivity index (χ3v) is 4.58. The molecular weight excluding hydrogens is 340 g/mol. The minimum atomic E-state index is -4.49. The molecule has 0 bridgehead atoms. The third-order valence-electron chi connectivity index (χ3n) is 3.00. The fraction of sp³-hybridized carbons (Fsp3) is 0.0769. The van der Waals surface area contributed by atoms with Gasteiger partial charge in [-0.2, -0.15) is 12.8 Å². The number of nitrogens with zero attached hydrogens (tertiary/aromatic N) is 4. The Bertz CT molecular complexity index is 1030. The van der Waals surface area contributed by atoms with E-state index in [1.165, 1.54) is 12.1 Å². The summed E-state index contributed by atoms with van der Waals surface area (Å²) in [5.74, 6) is 0.295. The third kappa shape index (κ3) is 3.04. The summed E-state index contributed by atoms with van der Waals surface area (Å²) in [4.78, 5) is 3.63. The zero-order valence-corrected chi connectivity index (χ0v) is 13.3. The molecule has 118 valence electrons. The van der Waals surface area contributed by atoms with Gasteiger partial charge in [-0.05, 0) is 13.0 Å². The molecule has 0 saturated carbocycles. The number of azo groups is 1. The van der Waals surface area contributed by atoms with E-state index in [0.717, 1.165) is 17.6 Å². The fourth-order valence-electron chi connectivity index (χ4n) is 2.03. The van der Waals surface area contributed by atoms with Crippen LogP contribution >= 0.6 is 11.5 Å². The summed E-state index contributed by atoms with van der Waals surface area (Å²) in [5, 5.41) is 18.6. The first-order chi connectivity index (χ1) is 10.9. The molecule has 0 atom stereocenters. The van der Waals surface area contributed by atoms with Crippen LogP contribution in [0.2, 0.25) is 0 Å². The first-order valence-electron chi connectivity index (χ1n) is 6.30. The summed E-state index contributed by atoms with van der Waals surface area (Å²) in [6, 6.07) is 7.29. The van der Waals surface area contributed by atoms with Crippen molar-refractivity contribution in [3.8, 4) is 5.75 Å².